The van der Waals surface area contributed by atoms with Gasteiger partial charge in [0.25, 0.3) is 0 Å². The Morgan fingerprint density at radius 3 is 2.71 bits per heavy atom. The van der Waals surface area contributed by atoms with Crippen LogP contribution in [-0.2, 0) is 9.59 Å². The third-order valence-corrected chi connectivity index (χ3v) is 4.45. The minimum absolute atomic E-state index is 0.0107. The van der Waals surface area contributed by atoms with Gasteiger partial charge in [-0.2, -0.15) is 0 Å². The summed E-state index contributed by atoms with van der Waals surface area (Å²) in [5, 5.41) is 11.6. The molecule has 114 valence electrons. The lowest BCUT2D eigenvalue weighted by Crippen LogP contribution is -2.34. The average molecular weight is 315 g/mol. The number of carboxylic acid groups (broad SMARTS) is 1. The predicted octanol–water partition coefficient (Wildman–Crippen LogP) is 2.43. The molecule has 4 nitrogen and oxygen atoms in total. The van der Waals surface area contributed by atoms with Crippen molar-refractivity contribution in [3.8, 4) is 0 Å². The molecule has 0 saturated heterocycles. The smallest absolute Gasteiger partial charge is 0.306 e. The maximum absolute atomic E-state index is 13.4. The van der Waals surface area contributed by atoms with E-state index in [0.717, 1.165) is 23.9 Å². The van der Waals surface area contributed by atoms with Crippen LogP contribution in [0.15, 0.2) is 23.1 Å². The van der Waals surface area contributed by atoms with E-state index in [9.17, 15) is 18.4 Å². The summed E-state index contributed by atoms with van der Waals surface area (Å²) in [4.78, 5) is 22.8. The summed E-state index contributed by atoms with van der Waals surface area (Å²) in [6, 6.07) is 3.06. The molecule has 0 bridgehead atoms. The lowest BCUT2D eigenvalue weighted by Gasteiger charge is -2.12. The van der Waals surface area contributed by atoms with Gasteiger partial charge in [-0.1, -0.05) is 0 Å². The van der Waals surface area contributed by atoms with Crippen molar-refractivity contribution in [2.45, 2.75) is 30.2 Å². The Balaban J connectivity index is 1.79. The highest BCUT2D eigenvalue weighted by Gasteiger charge is 2.30. The van der Waals surface area contributed by atoms with Gasteiger partial charge < -0.3 is 10.4 Å². The normalized spacial score (nSPS) is 21.2. The van der Waals surface area contributed by atoms with Gasteiger partial charge in [-0.25, -0.2) is 8.78 Å². The summed E-state index contributed by atoms with van der Waals surface area (Å²) in [5.74, 6) is -2.87. The molecule has 1 saturated carbocycles. The molecule has 0 heterocycles. The summed E-state index contributed by atoms with van der Waals surface area (Å²) >= 11 is 0.984. The molecule has 0 aliphatic heterocycles. The first kappa shape index (κ1) is 15.8. The first-order valence-corrected chi connectivity index (χ1v) is 7.54. The maximum Gasteiger partial charge on any atom is 0.306 e. The van der Waals surface area contributed by atoms with Crippen LogP contribution in [0.2, 0.25) is 0 Å². The predicted molar refractivity (Wildman–Crippen MR) is 74.0 cm³/mol. The number of carbonyl (C=O) groups is 2. The fourth-order valence-corrected chi connectivity index (χ4v) is 3.07. The van der Waals surface area contributed by atoms with Crippen LogP contribution in [0.3, 0.4) is 0 Å². The van der Waals surface area contributed by atoms with E-state index >= 15 is 0 Å². The Kier molecular flexibility index (Phi) is 5.17. The highest BCUT2D eigenvalue weighted by atomic mass is 32.2. The van der Waals surface area contributed by atoms with Crippen molar-refractivity contribution in [1.29, 1.82) is 0 Å². The van der Waals surface area contributed by atoms with Crippen molar-refractivity contribution in [3.05, 3.63) is 29.8 Å². The van der Waals surface area contributed by atoms with Crippen LogP contribution >= 0.6 is 11.8 Å². The number of thioether (sulfide) groups is 1. The molecule has 21 heavy (non-hydrogen) atoms. The first-order chi connectivity index (χ1) is 9.95. The molecule has 7 heteroatoms. The second-order valence-electron chi connectivity index (χ2n) is 4.98. The fourth-order valence-electron chi connectivity index (χ4n) is 2.34. The topological polar surface area (TPSA) is 66.4 Å². The molecule has 1 aromatic carbocycles. The Morgan fingerprint density at radius 1 is 1.33 bits per heavy atom. The van der Waals surface area contributed by atoms with E-state index in [-0.39, 0.29) is 22.6 Å². The van der Waals surface area contributed by atoms with Crippen LogP contribution in [-0.4, -0.2) is 28.8 Å². The Labute approximate surface area is 124 Å². The lowest BCUT2D eigenvalue weighted by molar-refractivity contribution is -0.141. The standard InChI is InChI=1S/C14H15F2NO3S/c15-9-2-4-12(11(16)6-9)21-7-13(18)17-10-3-1-8(5-10)14(19)20/h2,4,6,8,10H,1,3,5,7H2,(H,17,18)(H,19,20). The van der Waals surface area contributed by atoms with Crippen LogP contribution in [0, 0.1) is 17.6 Å². The van der Waals surface area contributed by atoms with E-state index in [0.29, 0.717) is 19.3 Å². The molecule has 1 aliphatic carbocycles. The molecule has 0 radical (unpaired) electrons. The molecule has 1 aromatic rings. The Morgan fingerprint density at radius 2 is 2.10 bits per heavy atom. The number of amides is 1. The summed E-state index contributed by atoms with van der Waals surface area (Å²) in [6.45, 7) is 0. The van der Waals surface area contributed by atoms with Gasteiger partial charge in [0.2, 0.25) is 5.91 Å². The fraction of sp³-hybridized carbons (Fsp3) is 0.429. The minimum atomic E-state index is -0.838. The number of carboxylic acids is 1. The van der Waals surface area contributed by atoms with Crippen molar-refractivity contribution in [2.24, 2.45) is 5.92 Å². The number of nitrogens with one attached hydrogen (secondary N) is 1. The van der Waals surface area contributed by atoms with Crippen LogP contribution in [0.1, 0.15) is 19.3 Å². The van der Waals surface area contributed by atoms with Crippen molar-refractivity contribution in [1.82, 2.24) is 5.32 Å². The van der Waals surface area contributed by atoms with Crippen molar-refractivity contribution >= 4 is 23.6 Å². The molecule has 2 rings (SSSR count). The Bertz CT molecular complexity index is 553. The number of halogens is 2. The summed E-state index contributed by atoms with van der Waals surface area (Å²) in [7, 11) is 0. The molecule has 1 aliphatic rings. The maximum atomic E-state index is 13.4. The van der Waals surface area contributed by atoms with E-state index in [1.807, 2.05) is 0 Å². The molecule has 2 N–H and O–H groups in total. The van der Waals surface area contributed by atoms with E-state index < -0.39 is 23.5 Å². The van der Waals surface area contributed by atoms with Gasteiger partial charge in [-0.3, -0.25) is 9.59 Å². The highest BCUT2D eigenvalue weighted by molar-refractivity contribution is 8.00. The van der Waals surface area contributed by atoms with Gasteiger partial charge in [0.05, 0.1) is 11.7 Å². The molecule has 2 unspecified atom stereocenters. The van der Waals surface area contributed by atoms with Crippen LogP contribution < -0.4 is 5.32 Å². The van der Waals surface area contributed by atoms with Crippen LogP contribution in [0.5, 0.6) is 0 Å². The molecular weight excluding hydrogens is 300 g/mol. The minimum Gasteiger partial charge on any atom is -0.481 e. The zero-order valence-corrected chi connectivity index (χ0v) is 12.0. The SMILES string of the molecule is O=C(CSc1ccc(F)cc1F)NC1CCC(C(=O)O)C1. The number of hydrogen-bond acceptors (Lipinski definition) is 3. The van der Waals surface area contributed by atoms with Crippen molar-refractivity contribution in [2.75, 3.05) is 5.75 Å². The number of benzene rings is 1. The summed E-state index contributed by atoms with van der Waals surface area (Å²) in [6.07, 6.45) is 1.62. The largest absolute Gasteiger partial charge is 0.481 e. The van der Waals surface area contributed by atoms with Gasteiger partial charge >= 0.3 is 5.97 Å². The van der Waals surface area contributed by atoms with Crippen LogP contribution in [0.25, 0.3) is 0 Å². The molecule has 1 amide bonds. The van der Waals surface area contributed by atoms with E-state index in [1.54, 1.807) is 0 Å². The lowest BCUT2D eigenvalue weighted by atomic mass is 10.1. The second kappa shape index (κ2) is 6.89. The van der Waals surface area contributed by atoms with Gasteiger partial charge in [0.15, 0.2) is 0 Å². The molecule has 1 fully saturated rings. The van der Waals surface area contributed by atoms with Gasteiger partial charge in [-0.05, 0) is 31.4 Å². The zero-order valence-electron chi connectivity index (χ0n) is 11.1. The van der Waals surface area contributed by atoms with Gasteiger partial charge in [0, 0.05) is 17.0 Å². The van der Waals surface area contributed by atoms with Gasteiger partial charge in [-0.15, -0.1) is 11.8 Å². The molecule has 0 aromatic heterocycles. The van der Waals surface area contributed by atoms with Crippen molar-refractivity contribution in [3.63, 3.8) is 0 Å². The Hall–Kier alpha value is -1.63. The summed E-state index contributed by atoms with van der Waals surface area (Å²) < 4.78 is 26.1. The van der Waals surface area contributed by atoms with Gasteiger partial charge in [0.1, 0.15) is 11.6 Å². The third kappa shape index (κ3) is 4.42. The number of rotatable bonds is 5. The zero-order chi connectivity index (χ0) is 15.4. The highest BCUT2D eigenvalue weighted by Crippen LogP contribution is 2.26. The molecule has 2 atom stereocenters. The second-order valence-corrected chi connectivity index (χ2v) is 5.99. The quantitative estimate of drug-likeness (QED) is 0.819. The number of carbonyl (C=O) groups excluding carboxylic acids is 1. The monoisotopic (exact) mass is 315 g/mol. The molecule has 0 spiro atoms. The summed E-state index contributed by atoms with van der Waals surface area (Å²) in [5.41, 5.74) is 0. The average Bonchev–Trinajstić information content (AvgIpc) is 2.86. The number of hydrogen-bond donors (Lipinski definition) is 2. The third-order valence-electron chi connectivity index (χ3n) is 3.40. The number of aliphatic carboxylic acids is 1. The van der Waals surface area contributed by atoms with Crippen LogP contribution in [0.4, 0.5) is 8.78 Å². The van der Waals surface area contributed by atoms with E-state index in [1.165, 1.54) is 6.07 Å². The van der Waals surface area contributed by atoms with E-state index in [2.05, 4.69) is 5.32 Å². The first-order valence-electron chi connectivity index (χ1n) is 6.55. The van der Waals surface area contributed by atoms with Crippen molar-refractivity contribution < 1.29 is 23.5 Å². The van der Waals surface area contributed by atoms with E-state index in [4.69, 9.17) is 5.11 Å². The molecular formula is C14H15F2NO3S.